The fourth-order valence-electron chi connectivity index (χ4n) is 4.43. The second-order valence-electron chi connectivity index (χ2n) is 9.25. The van der Waals surface area contributed by atoms with Gasteiger partial charge in [0.25, 0.3) is 0 Å². The van der Waals surface area contributed by atoms with Crippen molar-refractivity contribution in [3.05, 3.63) is 60.0 Å². The molecule has 0 radical (unpaired) electrons. The lowest BCUT2D eigenvalue weighted by Crippen LogP contribution is -2.10. The van der Waals surface area contributed by atoms with Gasteiger partial charge in [0.15, 0.2) is 0 Å². The van der Waals surface area contributed by atoms with Gasteiger partial charge in [-0.1, -0.05) is 64.3 Å². The first-order chi connectivity index (χ1) is 13.0. The van der Waals surface area contributed by atoms with Gasteiger partial charge >= 0.3 is 0 Å². The molecule has 0 aliphatic heterocycles. The van der Waals surface area contributed by atoms with Crippen LogP contribution in [0.25, 0.3) is 22.0 Å². The fraction of sp³-hybridized carbons (Fsp3) is 0.440. The standard InChI is InChI=1S/C25H30N2/c1-25(2,3)16-21-15-24(27-17-26-21)20-13-19-11-7-8-12-22(19)23(14-20)18-9-5-4-6-10-18/h7-8,11-15,17-18H,4-6,9-10,16H2,1-3H3. The molecule has 0 saturated heterocycles. The van der Waals surface area contributed by atoms with Crippen molar-refractivity contribution in [3.63, 3.8) is 0 Å². The number of benzene rings is 2. The van der Waals surface area contributed by atoms with E-state index in [1.54, 1.807) is 6.33 Å². The van der Waals surface area contributed by atoms with Crippen molar-refractivity contribution < 1.29 is 0 Å². The van der Waals surface area contributed by atoms with E-state index in [-0.39, 0.29) is 5.41 Å². The summed E-state index contributed by atoms with van der Waals surface area (Å²) in [4.78, 5) is 9.14. The quantitative estimate of drug-likeness (QED) is 0.507. The van der Waals surface area contributed by atoms with E-state index in [0.717, 1.165) is 17.8 Å². The van der Waals surface area contributed by atoms with E-state index in [0.29, 0.717) is 5.92 Å². The average Bonchev–Trinajstić information content (AvgIpc) is 2.67. The Kier molecular flexibility index (Phi) is 4.99. The first kappa shape index (κ1) is 18.2. The maximum absolute atomic E-state index is 4.62. The molecule has 0 N–H and O–H groups in total. The molecule has 2 nitrogen and oxygen atoms in total. The van der Waals surface area contributed by atoms with Crippen molar-refractivity contribution in [3.8, 4) is 11.3 Å². The van der Waals surface area contributed by atoms with Crippen LogP contribution in [-0.4, -0.2) is 9.97 Å². The summed E-state index contributed by atoms with van der Waals surface area (Å²) in [7, 11) is 0. The van der Waals surface area contributed by atoms with Gasteiger partial charge in [0, 0.05) is 11.3 Å². The lowest BCUT2D eigenvalue weighted by Gasteiger charge is -2.24. The van der Waals surface area contributed by atoms with Gasteiger partial charge in [-0.2, -0.15) is 0 Å². The minimum atomic E-state index is 0.224. The summed E-state index contributed by atoms with van der Waals surface area (Å²) in [6, 6.07) is 15.7. The molecule has 3 aromatic rings. The van der Waals surface area contributed by atoms with Crippen molar-refractivity contribution in [2.24, 2.45) is 5.41 Å². The lowest BCUT2D eigenvalue weighted by molar-refractivity contribution is 0.406. The number of rotatable bonds is 3. The second kappa shape index (κ2) is 7.42. The molecule has 1 aliphatic rings. The molecule has 1 aliphatic carbocycles. The molecule has 2 aromatic carbocycles. The number of fused-ring (bicyclic) bond motifs is 1. The Morgan fingerprint density at radius 2 is 1.70 bits per heavy atom. The lowest BCUT2D eigenvalue weighted by atomic mass is 9.81. The molecule has 1 fully saturated rings. The second-order valence-corrected chi connectivity index (χ2v) is 9.25. The third-order valence-corrected chi connectivity index (χ3v) is 5.67. The van der Waals surface area contributed by atoms with Crippen LogP contribution in [0.2, 0.25) is 0 Å². The average molecular weight is 359 g/mol. The van der Waals surface area contributed by atoms with Gasteiger partial charge in [0.1, 0.15) is 6.33 Å². The summed E-state index contributed by atoms with van der Waals surface area (Å²) in [6.45, 7) is 6.77. The van der Waals surface area contributed by atoms with Crippen LogP contribution in [0.4, 0.5) is 0 Å². The maximum Gasteiger partial charge on any atom is 0.116 e. The first-order valence-electron chi connectivity index (χ1n) is 10.3. The third kappa shape index (κ3) is 4.21. The van der Waals surface area contributed by atoms with Crippen molar-refractivity contribution in [1.82, 2.24) is 9.97 Å². The number of aromatic nitrogens is 2. The Balaban J connectivity index is 1.79. The highest BCUT2D eigenvalue weighted by Gasteiger charge is 2.19. The van der Waals surface area contributed by atoms with Crippen LogP contribution in [0.1, 0.15) is 70.1 Å². The largest absolute Gasteiger partial charge is 0.241 e. The molecule has 0 bridgehead atoms. The van der Waals surface area contributed by atoms with Crippen molar-refractivity contribution >= 4 is 10.8 Å². The van der Waals surface area contributed by atoms with Gasteiger partial charge in [-0.3, -0.25) is 0 Å². The Bertz CT molecular complexity index is 930. The van der Waals surface area contributed by atoms with Gasteiger partial charge in [-0.15, -0.1) is 0 Å². The monoisotopic (exact) mass is 358 g/mol. The van der Waals surface area contributed by atoms with Crippen LogP contribution < -0.4 is 0 Å². The van der Waals surface area contributed by atoms with E-state index in [9.17, 15) is 0 Å². The molecule has 1 heterocycles. The summed E-state index contributed by atoms with van der Waals surface area (Å²) < 4.78 is 0. The normalized spacial score (nSPS) is 16.0. The van der Waals surface area contributed by atoms with E-state index in [4.69, 9.17) is 0 Å². The summed E-state index contributed by atoms with van der Waals surface area (Å²) in [5.74, 6) is 0.680. The Morgan fingerprint density at radius 3 is 2.48 bits per heavy atom. The molecule has 2 heteroatoms. The van der Waals surface area contributed by atoms with Crippen LogP contribution in [0.15, 0.2) is 48.8 Å². The van der Waals surface area contributed by atoms with Gasteiger partial charge in [-0.25, -0.2) is 9.97 Å². The SMILES string of the molecule is CC(C)(C)Cc1cc(-c2cc(C3CCCCC3)c3ccccc3c2)ncn1. The predicted octanol–water partition coefficient (Wildman–Crippen LogP) is 6.93. The molecule has 140 valence electrons. The van der Waals surface area contributed by atoms with Crippen molar-refractivity contribution in [2.45, 2.75) is 65.2 Å². The van der Waals surface area contributed by atoms with E-state index in [2.05, 4.69) is 73.2 Å². The minimum absolute atomic E-state index is 0.224. The number of hydrogen-bond acceptors (Lipinski definition) is 2. The van der Waals surface area contributed by atoms with E-state index < -0.39 is 0 Å². The topological polar surface area (TPSA) is 25.8 Å². The Hall–Kier alpha value is -2.22. The van der Waals surface area contributed by atoms with Crippen LogP contribution in [0, 0.1) is 5.41 Å². The Morgan fingerprint density at radius 1 is 0.926 bits per heavy atom. The highest BCUT2D eigenvalue weighted by atomic mass is 14.8. The maximum atomic E-state index is 4.62. The van der Waals surface area contributed by atoms with Crippen LogP contribution in [0.5, 0.6) is 0 Å². The molecular weight excluding hydrogens is 328 g/mol. The molecule has 27 heavy (non-hydrogen) atoms. The number of hydrogen-bond donors (Lipinski definition) is 0. The molecular formula is C25H30N2. The molecule has 1 saturated carbocycles. The minimum Gasteiger partial charge on any atom is -0.241 e. The Labute approximate surface area is 163 Å². The summed E-state index contributed by atoms with van der Waals surface area (Å²) in [6.07, 6.45) is 9.41. The van der Waals surface area contributed by atoms with Crippen LogP contribution in [-0.2, 0) is 6.42 Å². The van der Waals surface area contributed by atoms with Crippen LogP contribution >= 0.6 is 0 Å². The van der Waals surface area contributed by atoms with Crippen LogP contribution in [0.3, 0.4) is 0 Å². The highest BCUT2D eigenvalue weighted by molar-refractivity contribution is 5.90. The summed E-state index contributed by atoms with van der Waals surface area (Å²) >= 11 is 0. The molecule has 4 rings (SSSR count). The van der Waals surface area contributed by atoms with E-state index in [1.165, 1.54) is 54.0 Å². The van der Waals surface area contributed by atoms with E-state index >= 15 is 0 Å². The van der Waals surface area contributed by atoms with Gasteiger partial charge in [-0.05, 0) is 65.1 Å². The highest BCUT2D eigenvalue weighted by Crippen LogP contribution is 2.38. The van der Waals surface area contributed by atoms with Crippen molar-refractivity contribution in [2.75, 3.05) is 0 Å². The van der Waals surface area contributed by atoms with Crippen molar-refractivity contribution in [1.29, 1.82) is 0 Å². The first-order valence-corrected chi connectivity index (χ1v) is 10.3. The predicted molar refractivity (Wildman–Crippen MR) is 114 cm³/mol. The molecule has 1 aromatic heterocycles. The van der Waals surface area contributed by atoms with Gasteiger partial charge in [0.05, 0.1) is 5.69 Å². The summed E-state index contributed by atoms with van der Waals surface area (Å²) in [5, 5.41) is 2.74. The summed E-state index contributed by atoms with van der Waals surface area (Å²) in [5.41, 5.74) is 5.14. The van der Waals surface area contributed by atoms with E-state index in [1.807, 2.05) is 0 Å². The zero-order chi connectivity index (χ0) is 18.9. The molecule has 0 amide bonds. The zero-order valence-electron chi connectivity index (χ0n) is 16.8. The molecule has 0 atom stereocenters. The van der Waals surface area contributed by atoms with Gasteiger partial charge < -0.3 is 0 Å². The molecule has 0 spiro atoms. The number of nitrogens with zero attached hydrogens (tertiary/aromatic N) is 2. The van der Waals surface area contributed by atoms with Gasteiger partial charge in [0.2, 0.25) is 0 Å². The zero-order valence-corrected chi connectivity index (χ0v) is 16.8. The molecule has 0 unspecified atom stereocenters. The smallest absolute Gasteiger partial charge is 0.116 e. The third-order valence-electron chi connectivity index (χ3n) is 5.67. The fourth-order valence-corrected chi connectivity index (χ4v) is 4.43.